The second-order valence-electron chi connectivity index (χ2n) is 9.63. The van der Waals surface area contributed by atoms with Gasteiger partial charge in [-0.25, -0.2) is 0 Å². The molecule has 0 aliphatic heterocycles. The standard InChI is InChI=1S/C21H39N3O5Si/c1-8-18-19(24(25)26)20(22-23(18)16-10-12-17(27-5)13-11-16)28-14-9-15-29-30(6,7)21(2,3)4/h16-17H,8-15H2,1-7H3/t16-,17-. The lowest BCUT2D eigenvalue weighted by molar-refractivity contribution is -0.386. The zero-order valence-electron chi connectivity index (χ0n) is 19.7. The average Bonchev–Trinajstić information content (AvgIpc) is 3.05. The molecular formula is C21H39N3O5Si. The van der Waals surface area contributed by atoms with Gasteiger partial charge in [0.05, 0.1) is 23.7 Å². The fraction of sp³-hybridized carbons (Fsp3) is 0.857. The second kappa shape index (κ2) is 10.2. The number of hydrogen-bond donors (Lipinski definition) is 0. The minimum Gasteiger partial charge on any atom is -0.472 e. The van der Waals surface area contributed by atoms with Gasteiger partial charge in [-0.3, -0.25) is 14.8 Å². The Labute approximate surface area is 181 Å². The molecule has 0 radical (unpaired) electrons. The van der Waals surface area contributed by atoms with Crippen molar-refractivity contribution in [3.63, 3.8) is 0 Å². The van der Waals surface area contributed by atoms with E-state index in [-0.39, 0.29) is 33.7 Å². The van der Waals surface area contributed by atoms with Crippen molar-refractivity contribution in [1.82, 2.24) is 9.78 Å². The van der Waals surface area contributed by atoms with Crippen molar-refractivity contribution in [3.8, 4) is 5.88 Å². The summed E-state index contributed by atoms with van der Waals surface area (Å²) in [6.07, 6.45) is 5.20. The van der Waals surface area contributed by atoms with E-state index < -0.39 is 8.32 Å². The van der Waals surface area contributed by atoms with Gasteiger partial charge < -0.3 is 13.9 Å². The highest BCUT2D eigenvalue weighted by molar-refractivity contribution is 6.74. The van der Waals surface area contributed by atoms with Gasteiger partial charge in [0.15, 0.2) is 8.32 Å². The highest BCUT2D eigenvalue weighted by atomic mass is 28.4. The molecule has 1 aliphatic carbocycles. The molecule has 2 rings (SSSR count). The van der Waals surface area contributed by atoms with Crippen molar-refractivity contribution in [2.75, 3.05) is 20.3 Å². The molecule has 30 heavy (non-hydrogen) atoms. The molecule has 1 aromatic rings. The first-order valence-electron chi connectivity index (χ1n) is 11.1. The Morgan fingerprint density at radius 1 is 1.20 bits per heavy atom. The SMILES string of the molecule is CCc1c([N+](=O)[O-])c(OCCCO[Si](C)(C)C(C)(C)C)nn1[C@H]1CC[C@H](OC)CC1. The van der Waals surface area contributed by atoms with Crippen LogP contribution < -0.4 is 4.74 Å². The molecule has 1 saturated carbocycles. The van der Waals surface area contributed by atoms with Crippen LogP contribution >= 0.6 is 0 Å². The number of aromatic nitrogens is 2. The summed E-state index contributed by atoms with van der Waals surface area (Å²) in [5.74, 6) is 0.137. The molecule has 172 valence electrons. The van der Waals surface area contributed by atoms with Crippen LogP contribution in [-0.2, 0) is 15.6 Å². The quantitative estimate of drug-likeness (QED) is 0.212. The van der Waals surface area contributed by atoms with Crippen molar-refractivity contribution in [2.24, 2.45) is 0 Å². The van der Waals surface area contributed by atoms with Crippen LogP contribution in [0.5, 0.6) is 5.88 Å². The summed E-state index contributed by atoms with van der Waals surface area (Å²) in [5.41, 5.74) is 0.657. The number of ether oxygens (including phenoxy) is 2. The molecule has 0 N–H and O–H groups in total. The van der Waals surface area contributed by atoms with Crippen LogP contribution in [0, 0.1) is 10.1 Å². The van der Waals surface area contributed by atoms with E-state index in [1.807, 2.05) is 11.6 Å². The Morgan fingerprint density at radius 3 is 2.33 bits per heavy atom. The molecule has 9 heteroatoms. The maximum Gasteiger partial charge on any atom is 0.353 e. The van der Waals surface area contributed by atoms with Gasteiger partial charge >= 0.3 is 11.6 Å². The molecule has 0 unspecified atom stereocenters. The van der Waals surface area contributed by atoms with Gasteiger partial charge in [0.25, 0.3) is 0 Å². The molecule has 0 amide bonds. The van der Waals surface area contributed by atoms with Gasteiger partial charge in [-0.05, 0) is 50.2 Å². The topological polar surface area (TPSA) is 88.7 Å². The van der Waals surface area contributed by atoms with E-state index in [0.29, 0.717) is 31.7 Å². The third-order valence-electron chi connectivity index (χ3n) is 6.59. The molecule has 0 saturated heterocycles. The Balaban J connectivity index is 2.03. The van der Waals surface area contributed by atoms with Crippen molar-refractivity contribution in [3.05, 3.63) is 15.8 Å². The van der Waals surface area contributed by atoms with Crippen LogP contribution in [0.4, 0.5) is 5.69 Å². The number of nitrogens with zero attached hydrogens (tertiary/aromatic N) is 3. The molecule has 1 fully saturated rings. The number of methoxy groups -OCH3 is 1. The smallest absolute Gasteiger partial charge is 0.353 e. The molecular weight excluding hydrogens is 402 g/mol. The van der Waals surface area contributed by atoms with E-state index in [9.17, 15) is 10.1 Å². The molecule has 0 aromatic carbocycles. The van der Waals surface area contributed by atoms with Gasteiger partial charge in [-0.15, -0.1) is 5.10 Å². The lowest BCUT2D eigenvalue weighted by Crippen LogP contribution is -2.41. The first-order valence-corrected chi connectivity index (χ1v) is 14.0. The van der Waals surface area contributed by atoms with Crippen LogP contribution in [0.3, 0.4) is 0 Å². The molecule has 0 spiro atoms. The van der Waals surface area contributed by atoms with E-state index >= 15 is 0 Å². The summed E-state index contributed by atoms with van der Waals surface area (Å²) in [6, 6.07) is 0.157. The van der Waals surface area contributed by atoms with Crippen LogP contribution in [0.1, 0.15) is 71.5 Å². The van der Waals surface area contributed by atoms with Crippen LogP contribution in [0.2, 0.25) is 18.1 Å². The normalized spacial score (nSPS) is 20.4. The van der Waals surface area contributed by atoms with Gasteiger partial charge in [0.2, 0.25) is 0 Å². The molecule has 8 nitrogen and oxygen atoms in total. The maximum atomic E-state index is 11.8. The van der Waals surface area contributed by atoms with Gasteiger partial charge in [-0.2, -0.15) is 0 Å². The van der Waals surface area contributed by atoms with E-state index in [0.717, 1.165) is 25.7 Å². The minimum atomic E-state index is -1.80. The summed E-state index contributed by atoms with van der Waals surface area (Å²) in [5, 5.41) is 16.5. The van der Waals surface area contributed by atoms with E-state index in [2.05, 4.69) is 39.0 Å². The zero-order chi connectivity index (χ0) is 22.5. The van der Waals surface area contributed by atoms with Crippen molar-refractivity contribution in [2.45, 2.75) is 96.5 Å². The third-order valence-corrected chi connectivity index (χ3v) is 11.1. The van der Waals surface area contributed by atoms with Gasteiger partial charge in [-0.1, -0.05) is 27.7 Å². The average molecular weight is 442 g/mol. The monoisotopic (exact) mass is 441 g/mol. The Hall–Kier alpha value is -1.45. The molecule has 0 atom stereocenters. The van der Waals surface area contributed by atoms with Crippen molar-refractivity contribution < 1.29 is 18.8 Å². The van der Waals surface area contributed by atoms with E-state index in [1.54, 1.807) is 7.11 Å². The zero-order valence-corrected chi connectivity index (χ0v) is 20.7. The van der Waals surface area contributed by atoms with E-state index in [4.69, 9.17) is 13.9 Å². The highest BCUT2D eigenvalue weighted by Crippen LogP contribution is 2.38. The second-order valence-corrected chi connectivity index (χ2v) is 14.4. The number of hydrogen-bond acceptors (Lipinski definition) is 6. The lowest BCUT2D eigenvalue weighted by atomic mass is 9.93. The minimum absolute atomic E-state index is 0.0108. The Morgan fingerprint density at radius 2 is 1.83 bits per heavy atom. The van der Waals surface area contributed by atoms with Crippen LogP contribution in [0.25, 0.3) is 0 Å². The molecule has 0 bridgehead atoms. The fourth-order valence-electron chi connectivity index (χ4n) is 3.65. The summed E-state index contributed by atoms with van der Waals surface area (Å²) >= 11 is 0. The number of rotatable bonds is 10. The molecule has 1 aromatic heterocycles. The van der Waals surface area contributed by atoms with Crippen LogP contribution in [-0.4, -0.2) is 49.4 Å². The summed E-state index contributed by atoms with van der Waals surface area (Å²) in [4.78, 5) is 11.4. The maximum absolute atomic E-state index is 11.8. The molecule has 1 aliphatic rings. The van der Waals surface area contributed by atoms with Gasteiger partial charge in [0, 0.05) is 20.1 Å². The fourth-order valence-corrected chi connectivity index (χ4v) is 4.73. The molecule has 1 heterocycles. The van der Waals surface area contributed by atoms with E-state index in [1.165, 1.54) is 0 Å². The van der Waals surface area contributed by atoms with Crippen LogP contribution in [0.15, 0.2) is 0 Å². The predicted octanol–water partition coefficient (Wildman–Crippen LogP) is 5.27. The summed E-state index contributed by atoms with van der Waals surface area (Å²) in [6.45, 7) is 13.9. The third kappa shape index (κ3) is 5.82. The van der Waals surface area contributed by atoms with Crippen molar-refractivity contribution >= 4 is 14.0 Å². The highest BCUT2D eigenvalue weighted by Gasteiger charge is 2.37. The Bertz CT molecular complexity index is 706. The first-order chi connectivity index (χ1) is 14.0. The summed E-state index contributed by atoms with van der Waals surface area (Å²) in [7, 11) is -0.0608. The lowest BCUT2D eigenvalue weighted by Gasteiger charge is -2.36. The largest absolute Gasteiger partial charge is 0.472 e. The Kier molecular flexibility index (Phi) is 8.47. The number of nitro groups is 1. The van der Waals surface area contributed by atoms with Crippen molar-refractivity contribution in [1.29, 1.82) is 0 Å². The first kappa shape index (κ1) is 24.8. The summed E-state index contributed by atoms with van der Waals surface area (Å²) < 4.78 is 19.2. The van der Waals surface area contributed by atoms with Gasteiger partial charge in [0.1, 0.15) is 5.69 Å². The predicted molar refractivity (Wildman–Crippen MR) is 120 cm³/mol.